The molecule has 1 unspecified atom stereocenters. The minimum absolute atomic E-state index is 0.121. The first kappa shape index (κ1) is 12.9. The van der Waals surface area contributed by atoms with Crippen molar-refractivity contribution in [1.82, 2.24) is 4.90 Å². The summed E-state index contributed by atoms with van der Waals surface area (Å²) in [6, 6.07) is 9.53. The number of amides is 1. The van der Waals surface area contributed by atoms with Crippen molar-refractivity contribution in [1.29, 1.82) is 0 Å². The van der Waals surface area contributed by atoms with Gasteiger partial charge in [-0.25, -0.2) is 0 Å². The number of rotatable bonds is 3. The van der Waals surface area contributed by atoms with Gasteiger partial charge in [0.05, 0.1) is 0 Å². The molecule has 1 heterocycles. The molecule has 2 nitrogen and oxygen atoms in total. The Morgan fingerprint density at radius 3 is 2.61 bits per heavy atom. The van der Waals surface area contributed by atoms with Crippen LogP contribution < -0.4 is 0 Å². The lowest BCUT2D eigenvalue weighted by atomic mass is 9.89. The number of carbonyl (C=O) groups is 1. The van der Waals surface area contributed by atoms with Gasteiger partial charge in [-0.3, -0.25) is 4.79 Å². The summed E-state index contributed by atoms with van der Waals surface area (Å²) in [5.74, 6) is 0.783. The average molecular weight is 243 g/mol. The summed E-state index contributed by atoms with van der Waals surface area (Å²) in [4.78, 5) is 14.2. The van der Waals surface area contributed by atoms with Crippen LogP contribution in [0.3, 0.4) is 0 Å². The zero-order valence-corrected chi connectivity index (χ0v) is 11.2. The molecular formula is C16H21NO. The Kier molecular flexibility index (Phi) is 4.19. The molecule has 1 atom stereocenters. The molecule has 0 fully saturated rings. The Bertz CT molecular complexity index is 436. The molecule has 2 heteroatoms. The molecule has 0 saturated heterocycles. The van der Waals surface area contributed by atoms with Crippen molar-refractivity contribution >= 4 is 5.91 Å². The van der Waals surface area contributed by atoms with Crippen LogP contribution in [0.5, 0.6) is 0 Å². The molecule has 0 aliphatic carbocycles. The van der Waals surface area contributed by atoms with Crippen LogP contribution in [-0.2, 0) is 0 Å². The minimum Gasteiger partial charge on any atom is -0.315 e. The van der Waals surface area contributed by atoms with Crippen molar-refractivity contribution in [3.8, 4) is 0 Å². The highest BCUT2D eigenvalue weighted by atomic mass is 16.2. The van der Waals surface area contributed by atoms with Crippen LogP contribution in [0, 0.1) is 5.92 Å². The lowest BCUT2D eigenvalue weighted by Gasteiger charge is -2.30. The van der Waals surface area contributed by atoms with E-state index < -0.39 is 0 Å². The summed E-state index contributed by atoms with van der Waals surface area (Å²) in [5, 5.41) is 0. The highest BCUT2D eigenvalue weighted by molar-refractivity contribution is 5.94. The standard InChI is InChI=1S/C16H21NO/c1-3-13-10-11-17(12-14(13)4-2)16(18)15-8-6-5-7-9-15/h5-9,12-13H,3-4,10-11H2,1-2H3. The van der Waals surface area contributed by atoms with Crippen molar-refractivity contribution in [3.05, 3.63) is 47.7 Å². The third-order valence-corrected chi connectivity index (χ3v) is 3.75. The van der Waals surface area contributed by atoms with Crippen molar-refractivity contribution in [2.45, 2.75) is 33.1 Å². The van der Waals surface area contributed by atoms with Gasteiger partial charge in [0, 0.05) is 18.3 Å². The molecule has 0 aromatic heterocycles. The molecule has 0 spiro atoms. The SMILES string of the molecule is CCC1=CN(C(=O)c2ccccc2)CCC1CC. The second-order valence-electron chi connectivity index (χ2n) is 4.82. The van der Waals surface area contributed by atoms with Gasteiger partial charge in [-0.1, -0.05) is 37.6 Å². The Labute approximate surface area is 109 Å². The van der Waals surface area contributed by atoms with E-state index >= 15 is 0 Å². The summed E-state index contributed by atoms with van der Waals surface area (Å²) in [6.45, 7) is 5.24. The van der Waals surface area contributed by atoms with Gasteiger partial charge >= 0.3 is 0 Å². The molecule has 1 aliphatic rings. The monoisotopic (exact) mass is 243 g/mol. The molecule has 0 saturated carbocycles. The van der Waals surface area contributed by atoms with Gasteiger partial charge in [-0.05, 0) is 37.3 Å². The third-order valence-electron chi connectivity index (χ3n) is 3.75. The predicted molar refractivity (Wildman–Crippen MR) is 74.3 cm³/mol. The first-order valence-electron chi connectivity index (χ1n) is 6.82. The molecule has 1 amide bonds. The topological polar surface area (TPSA) is 20.3 Å². The lowest BCUT2D eigenvalue weighted by molar-refractivity contribution is 0.0804. The number of carbonyl (C=O) groups excluding carboxylic acids is 1. The first-order chi connectivity index (χ1) is 8.76. The van der Waals surface area contributed by atoms with Gasteiger partial charge in [0.25, 0.3) is 5.91 Å². The fourth-order valence-corrected chi connectivity index (χ4v) is 2.60. The zero-order valence-electron chi connectivity index (χ0n) is 11.2. The Hall–Kier alpha value is -1.57. The highest BCUT2D eigenvalue weighted by Crippen LogP contribution is 2.27. The maximum Gasteiger partial charge on any atom is 0.257 e. The number of benzene rings is 1. The first-order valence-corrected chi connectivity index (χ1v) is 6.82. The van der Waals surface area contributed by atoms with E-state index in [0.717, 1.165) is 24.9 Å². The fourth-order valence-electron chi connectivity index (χ4n) is 2.60. The number of hydrogen-bond donors (Lipinski definition) is 0. The normalized spacial score (nSPS) is 19.6. The summed E-state index contributed by atoms with van der Waals surface area (Å²) in [5.41, 5.74) is 2.19. The molecule has 0 bridgehead atoms. The molecule has 96 valence electrons. The molecule has 1 aromatic carbocycles. The molecular weight excluding hydrogens is 222 g/mol. The van der Waals surface area contributed by atoms with Gasteiger partial charge in [0.1, 0.15) is 0 Å². The van der Waals surface area contributed by atoms with E-state index in [1.165, 1.54) is 12.0 Å². The van der Waals surface area contributed by atoms with Crippen molar-refractivity contribution in [3.63, 3.8) is 0 Å². The second kappa shape index (κ2) is 5.85. The van der Waals surface area contributed by atoms with Crippen LogP contribution in [0.25, 0.3) is 0 Å². The summed E-state index contributed by atoms with van der Waals surface area (Å²) in [6.07, 6.45) is 5.38. The van der Waals surface area contributed by atoms with Crippen molar-refractivity contribution < 1.29 is 4.79 Å². The number of allylic oxidation sites excluding steroid dienone is 1. The summed E-state index contributed by atoms with van der Waals surface area (Å²) >= 11 is 0. The quantitative estimate of drug-likeness (QED) is 0.789. The van der Waals surface area contributed by atoms with Crippen LogP contribution in [0.15, 0.2) is 42.1 Å². The maximum absolute atomic E-state index is 12.3. The van der Waals surface area contributed by atoms with E-state index in [9.17, 15) is 4.79 Å². The molecule has 0 N–H and O–H groups in total. The van der Waals surface area contributed by atoms with Gasteiger partial charge in [-0.2, -0.15) is 0 Å². The number of nitrogens with zero attached hydrogens (tertiary/aromatic N) is 1. The van der Waals surface area contributed by atoms with Crippen LogP contribution in [0.4, 0.5) is 0 Å². The average Bonchev–Trinajstić information content (AvgIpc) is 2.46. The largest absolute Gasteiger partial charge is 0.315 e. The van der Waals surface area contributed by atoms with Crippen LogP contribution in [-0.4, -0.2) is 17.4 Å². The molecule has 18 heavy (non-hydrogen) atoms. The van der Waals surface area contributed by atoms with Gasteiger partial charge in [0.2, 0.25) is 0 Å². The van der Waals surface area contributed by atoms with Gasteiger partial charge < -0.3 is 4.90 Å². The van der Waals surface area contributed by atoms with Crippen molar-refractivity contribution in [2.24, 2.45) is 5.92 Å². The highest BCUT2D eigenvalue weighted by Gasteiger charge is 2.22. The molecule has 0 radical (unpaired) electrons. The zero-order chi connectivity index (χ0) is 13.0. The Morgan fingerprint density at radius 1 is 1.28 bits per heavy atom. The molecule has 1 aliphatic heterocycles. The van der Waals surface area contributed by atoms with E-state index in [0.29, 0.717) is 5.92 Å². The van der Waals surface area contributed by atoms with Gasteiger partial charge in [-0.15, -0.1) is 0 Å². The second-order valence-corrected chi connectivity index (χ2v) is 4.82. The van der Waals surface area contributed by atoms with Gasteiger partial charge in [0.15, 0.2) is 0 Å². The van der Waals surface area contributed by atoms with E-state index in [-0.39, 0.29) is 5.91 Å². The van der Waals surface area contributed by atoms with Crippen LogP contribution in [0.1, 0.15) is 43.5 Å². The smallest absolute Gasteiger partial charge is 0.257 e. The van der Waals surface area contributed by atoms with Crippen LogP contribution >= 0.6 is 0 Å². The maximum atomic E-state index is 12.3. The summed E-state index contributed by atoms with van der Waals surface area (Å²) < 4.78 is 0. The third kappa shape index (κ3) is 2.63. The van der Waals surface area contributed by atoms with Crippen molar-refractivity contribution in [2.75, 3.05) is 6.54 Å². The number of hydrogen-bond acceptors (Lipinski definition) is 1. The van der Waals surface area contributed by atoms with E-state index in [1.807, 2.05) is 35.2 Å². The lowest BCUT2D eigenvalue weighted by Crippen LogP contribution is -2.32. The Balaban J connectivity index is 2.18. The minimum atomic E-state index is 0.121. The van der Waals surface area contributed by atoms with E-state index in [1.54, 1.807) is 0 Å². The fraction of sp³-hybridized carbons (Fsp3) is 0.438. The van der Waals surface area contributed by atoms with Crippen LogP contribution in [0.2, 0.25) is 0 Å². The summed E-state index contributed by atoms with van der Waals surface area (Å²) in [7, 11) is 0. The molecule has 2 rings (SSSR count). The Morgan fingerprint density at radius 2 is 2.00 bits per heavy atom. The van der Waals surface area contributed by atoms with E-state index in [2.05, 4.69) is 20.0 Å². The predicted octanol–water partition coefficient (Wildman–Crippen LogP) is 3.85. The molecule has 1 aromatic rings. The van der Waals surface area contributed by atoms with E-state index in [4.69, 9.17) is 0 Å².